The van der Waals surface area contributed by atoms with Gasteiger partial charge < -0.3 is 25.1 Å². The smallest absolute Gasteiger partial charge is 0.295 e. The molecule has 2 aliphatic heterocycles. The van der Waals surface area contributed by atoms with Crippen molar-refractivity contribution in [2.24, 2.45) is 11.8 Å². The lowest BCUT2D eigenvalue weighted by Gasteiger charge is -2.41. The van der Waals surface area contributed by atoms with E-state index in [9.17, 15) is 18.4 Å². The molecule has 0 amide bonds. The molecular formula is C25H27ClF2N6O3. The Hall–Kier alpha value is -3.47. The molecule has 2 atom stereocenters. The number of carbonyl (C=O) groups is 1. The number of alkyl halides is 2. The number of piperidine rings is 1. The number of anilines is 4. The summed E-state index contributed by atoms with van der Waals surface area (Å²) in [5.41, 5.74) is 1.39. The monoisotopic (exact) mass is 532 g/mol. The molecule has 2 aliphatic rings. The molecular weight excluding hydrogens is 506 g/mol. The Kier molecular flexibility index (Phi) is 6.65. The molecule has 9 nitrogen and oxygen atoms in total. The first kappa shape index (κ1) is 25.2. The summed E-state index contributed by atoms with van der Waals surface area (Å²) in [6.45, 7) is 4.21. The zero-order chi connectivity index (χ0) is 26.3. The highest BCUT2D eigenvalue weighted by atomic mass is 35.5. The molecule has 0 saturated carbocycles. The summed E-state index contributed by atoms with van der Waals surface area (Å²) in [5.74, 6) is -3.64. The van der Waals surface area contributed by atoms with Crippen molar-refractivity contribution in [1.29, 1.82) is 0 Å². The zero-order valence-electron chi connectivity index (χ0n) is 20.4. The SMILES string of the molecule is CC1CN(c2ncc(Cl)c(Nc3ccc4c(c3)c3c(c(=O)n4CC=O)OCCCN3)n2)CC(C)C1(F)F. The van der Waals surface area contributed by atoms with E-state index in [1.54, 1.807) is 17.0 Å². The molecule has 0 aliphatic carbocycles. The summed E-state index contributed by atoms with van der Waals surface area (Å²) in [6, 6.07) is 5.30. The third kappa shape index (κ3) is 4.56. The quantitative estimate of drug-likeness (QED) is 0.469. The highest BCUT2D eigenvalue weighted by molar-refractivity contribution is 6.32. The second-order valence-electron chi connectivity index (χ2n) is 9.52. The van der Waals surface area contributed by atoms with Crippen molar-refractivity contribution in [2.75, 3.05) is 41.8 Å². The summed E-state index contributed by atoms with van der Waals surface area (Å²) in [6.07, 6.45) is 2.84. The molecule has 0 spiro atoms. The predicted molar refractivity (Wildman–Crippen MR) is 139 cm³/mol. The van der Waals surface area contributed by atoms with Crippen LogP contribution in [0.1, 0.15) is 20.3 Å². The minimum atomic E-state index is -2.75. The molecule has 37 heavy (non-hydrogen) atoms. The van der Waals surface area contributed by atoms with Gasteiger partial charge in [-0.3, -0.25) is 9.36 Å². The number of fused-ring (bicyclic) bond motifs is 3. The molecule has 1 fully saturated rings. The number of carbonyl (C=O) groups excluding carboxylic acids is 1. The van der Waals surface area contributed by atoms with Crippen LogP contribution in [0.4, 0.5) is 31.9 Å². The van der Waals surface area contributed by atoms with Crippen molar-refractivity contribution in [1.82, 2.24) is 14.5 Å². The van der Waals surface area contributed by atoms with Crippen LogP contribution in [-0.4, -0.2) is 53.0 Å². The Labute approximate surface area is 216 Å². The van der Waals surface area contributed by atoms with E-state index in [1.807, 2.05) is 6.07 Å². The average molecular weight is 533 g/mol. The fourth-order valence-electron chi connectivity index (χ4n) is 4.90. The molecule has 3 aromatic rings. The zero-order valence-corrected chi connectivity index (χ0v) is 21.2. The van der Waals surface area contributed by atoms with Crippen LogP contribution < -0.4 is 25.8 Å². The summed E-state index contributed by atoms with van der Waals surface area (Å²) in [5, 5.41) is 7.41. The van der Waals surface area contributed by atoms with Gasteiger partial charge >= 0.3 is 0 Å². The summed E-state index contributed by atoms with van der Waals surface area (Å²) >= 11 is 6.39. The second-order valence-corrected chi connectivity index (χ2v) is 9.93. The Morgan fingerprint density at radius 2 is 2.05 bits per heavy atom. The highest BCUT2D eigenvalue weighted by Gasteiger charge is 2.47. The number of aromatic nitrogens is 3. The number of halogens is 3. The summed E-state index contributed by atoms with van der Waals surface area (Å²) < 4.78 is 35.8. The Morgan fingerprint density at radius 3 is 2.78 bits per heavy atom. The average Bonchev–Trinajstić information content (AvgIpc) is 3.13. The minimum Gasteiger partial charge on any atom is -0.486 e. The highest BCUT2D eigenvalue weighted by Crippen LogP contribution is 2.39. The molecule has 196 valence electrons. The molecule has 2 unspecified atom stereocenters. The van der Waals surface area contributed by atoms with E-state index < -0.39 is 17.8 Å². The van der Waals surface area contributed by atoms with Gasteiger partial charge in [0, 0.05) is 42.5 Å². The van der Waals surface area contributed by atoms with Crippen LogP contribution in [0.2, 0.25) is 5.02 Å². The number of nitrogens with one attached hydrogen (secondary N) is 2. The van der Waals surface area contributed by atoms with Gasteiger partial charge in [-0.2, -0.15) is 4.98 Å². The lowest BCUT2D eigenvalue weighted by molar-refractivity contribution is -0.108. The van der Waals surface area contributed by atoms with E-state index in [-0.39, 0.29) is 36.0 Å². The van der Waals surface area contributed by atoms with Crippen LogP contribution >= 0.6 is 11.6 Å². The third-order valence-electron chi connectivity index (χ3n) is 6.93. The third-order valence-corrected chi connectivity index (χ3v) is 7.21. The van der Waals surface area contributed by atoms with E-state index in [0.29, 0.717) is 53.5 Å². The molecule has 2 aromatic heterocycles. The topological polar surface area (TPSA) is 101 Å². The normalized spacial score (nSPS) is 20.9. The molecule has 5 rings (SSSR count). The van der Waals surface area contributed by atoms with Crippen molar-refractivity contribution in [3.63, 3.8) is 0 Å². The van der Waals surface area contributed by atoms with E-state index in [4.69, 9.17) is 16.3 Å². The first-order valence-corrected chi connectivity index (χ1v) is 12.5. The molecule has 0 radical (unpaired) electrons. The number of hydrogen-bond donors (Lipinski definition) is 2. The Morgan fingerprint density at radius 1 is 1.30 bits per heavy atom. The molecule has 1 aromatic carbocycles. The maximum atomic E-state index is 14.3. The van der Waals surface area contributed by atoms with Crippen LogP contribution in [0.25, 0.3) is 10.9 Å². The lowest BCUT2D eigenvalue weighted by atomic mass is 9.87. The van der Waals surface area contributed by atoms with Gasteiger partial charge in [0.1, 0.15) is 11.3 Å². The van der Waals surface area contributed by atoms with E-state index in [0.717, 1.165) is 6.42 Å². The fraction of sp³-hybridized carbons (Fsp3) is 0.440. The van der Waals surface area contributed by atoms with Crippen LogP contribution in [0.15, 0.2) is 29.2 Å². The molecule has 12 heteroatoms. The van der Waals surface area contributed by atoms with Crippen LogP contribution in [-0.2, 0) is 11.3 Å². The van der Waals surface area contributed by atoms with Gasteiger partial charge in [-0.25, -0.2) is 13.8 Å². The largest absolute Gasteiger partial charge is 0.486 e. The number of nitrogens with zero attached hydrogens (tertiary/aromatic N) is 4. The first-order valence-electron chi connectivity index (χ1n) is 12.1. The summed E-state index contributed by atoms with van der Waals surface area (Å²) in [7, 11) is 0. The number of pyridine rings is 1. The molecule has 4 heterocycles. The number of rotatable bonds is 5. The molecule has 1 saturated heterocycles. The van der Waals surface area contributed by atoms with E-state index in [1.165, 1.54) is 24.6 Å². The maximum absolute atomic E-state index is 14.3. The van der Waals surface area contributed by atoms with Crippen molar-refractivity contribution >= 4 is 51.9 Å². The van der Waals surface area contributed by atoms with Gasteiger partial charge in [0.25, 0.3) is 11.5 Å². The van der Waals surface area contributed by atoms with Crippen molar-refractivity contribution in [3.05, 3.63) is 39.8 Å². The molecule has 2 N–H and O–H groups in total. The Balaban J connectivity index is 1.52. The Bertz CT molecular complexity index is 1400. The van der Waals surface area contributed by atoms with Crippen LogP contribution in [0, 0.1) is 11.8 Å². The van der Waals surface area contributed by atoms with E-state index in [2.05, 4.69) is 20.6 Å². The van der Waals surface area contributed by atoms with E-state index >= 15 is 0 Å². The van der Waals surface area contributed by atoms with Crippen LogP contribution in [0.3, 0.4) is 0 Å². The van der Waals surface area contributed by atoms with Gasteiger partial charge in [0.2, 0.25) is 11.7 Å². The van der Waals surface area contributed by atoms with Gasteiger partial charge in [0.05, 0.1) is 30.6 Å². The van der Waals surface area contributed by atoms with Gasteiger partial charge in [-0.05, 0) is 24.6 Å². The minimum absolute atomic E-state index is 0.106. The molecule has 0 bridgehead atoms. The van der Waals surface area contributed by atoms with Gasteiger partial charge in [-0.1, -0.05) is 25.4 Å². The summed E-state index contributed by atoms with van der Waals surface area (Å²) in [4.78, 5) is 34.9. The second kappa shape index (κ2) is 9.77. The van der Waals surface area contributed by atoms with Gasteiger partial charge in [0.15, 0.2) is 5.82 Å². The number of ether oxygens (including phenoxy) is 1. The van der Waals surface area contributed by atoms with Crippen molar-refractivity contribution in [3.8, 4) is 5.75 Å². The fourth-order valence-corrected chi connectivity index (χ4v) is 5.04. The van der Waals surface area contributed by atoms with Crippen LogP contribution in [0.5, 0.6) is 5.75 Å². The standard InChI is InChI=1S/C25H27ClF2N6O3/c1-14-12-33(13-15(2)25(14,27)28)24-30-11-18(26)22(32-24)31-16-4-5-19-17(10-16)20-21(37-9-3-6-29-20)23(36)34(19)7-8-35/h4-5,8,10-11,14-15,29H,3,6-7,9,12-13H2,1-2H3,(H,30,31,32). The van der Waals surface area contributed by atoms with Gasteiger partial charge in [-0.15, -0.1) is 0 Å². The number of benzene rings is 1. The van der Waals surface area contributed by atoms with Crippen molar-refractivity contribution < 1.29 is 18.3 Å². The van der Waals surface area contributed by atoms with Crippen molar-refractivity contribution in [2.45, 2.75) is 32.7 Å². The first-order chi connectivity index (χ1) is 17.7. The predicted octanol–water partition coefficient (Wildman–Crippen LogP) is 4.31. The number of aldehydes is 1. The lowest BCUT2D eigenvalue weighted by Crippen LogP contribution is -2.52. The number of hydrogen-bond acceptors (Lipinski definition) is 8. The maximum Gasteiger partial charge on any atom is 0.295 e.